The van der Waals surface area contributed by atoms with Crippen LogP contribution in [-0.4, -0.2) is 9.96 Å². The highest BCUT2D eigenvalue weighted by Gasteiger charge is 1.90. The molecule has 0 heterocycles. The van der Waals surface area contributed by atoms with Gasteiger partial charge in [0, 0.05) is 10.3 Å². The first-order valence-electron chi connectivity index (χ1n) is 2.03. The van der Waals surface area contributed by atoms with E-state index in [4.69, 9.17) is 0 Å². The van der Waals surface area contributed by atoms with Crippen molar-refractivity contribution >= 4 is 11.0 Å². The number of nitrogens with zero attached hydrogens (tertiary/aromatic N) is 1. The van der Waals surface area contributed by atoms with Crippen molar-refractivity contribution in [2.75, 3.05) is 5.75 Å². The largest absolute Gasteiger partial charge is 0.232 e. The summed E-state index contributed by atoms with van der Waals surface area (Å²) in [5.74, 6) is 0.392. The minimum absolute atomic E-state index is 0.392. The molecule has 0 aromatic heterocycles. The molecule has 0 rings (SSSR count). The second-order valence-electron chi connectivity index (χ2n) is 1.10. The summed E-state index contributed by atoms with van der Waals surface area (Å²) in [6.07, 6.45) is 0.748. The highest BCUT2D eigenvalue weighted by atomic mass is 32.2. The molecule has 4 heteroatoms. The number of hydrogen-bond acceptors (Lipinski definition) is 2. The van der Waals surface area contributed by atoms with E-state index in [0.29, 0.717) is 5.75 Å². The van der Waals surface area contributed by atoms with Crippen molar-refractivity contribution in [3.05, 3.63) is 4.91 Å². The predicted molar refractivity (Wildman–Crippen MR) is 29.1 cm³/mol. The maximum Gasteiger partial charge on any atom is 0.180 e. The molecular weight excluding hydrogens is 114 g/mol. The van der Waals surface area contributed by atoms with Gasteiger partial charge in [0.2, 0.25) is 0 Å². The second-order valence-corrected chi connectivity index (χ2v) is 2.30. The van der Waals surface area contributed by atoms with Gasteiger partial charge in [-0.2, -0.15) is 0 Å². The van der Waals surface area contributed by atoms with Gasteiger partial charge in [0.05, 0.1) is 0 Å². The molecule has 0 aromatic rings. The highest BCUT2D eigenvalue weighted by Crippen LogP contribution is 1.84. The molecule has 0 bridgehead atoms. The number of rotatable bonds is 3. The third-order valence-corrected chi connectivity index (χ3v) is 1.39. The van der Waals surface area contributed by atoms with Gasteiger partial charge in [-0.15, -0.1) is 4.91 Å². The third kappa shape index (κ3) is 3.58. The summed E-state index contributed by atoms with van der Waals surface area (Å²) < 4.78 is 12.3. The Morgan fingerprint density at radius 3 is 2.43 bits per heavy atom. The van der Waals surface area contributed by atoms with Gasteiger partial charge in [-0.1, -0.05) is 6.92 Å². The van der Waals surface area contributed by atoms with Crippen molar-refractivity contribution in [2.45, 2.75) is 13.3 Å². The normalized spacial score (nSPS) is 13.3. The van der Waals surface area contributed by atoms with E-state index >= 15 is 0 Å². The van der Waals surface area contributed by atoms with E-state index in [1.807, 2.05) is 6.92 Å². The molecule has 0 saturated carbocycles. The monoisotopic (exact) mass is 121 g/mol. The number of nitroso groups, excluding NO2 is 1. The smallest absolute Gasteiger partial charge is 0.180 e. The molecule has 0 amide bonds. The van der Waals surface area contributed by atoms with E-state index in [9.17, 15) is 9.12 Å². The minimum atomic E-state index is -1.46. The fourth-order valence-corrected chi connectivity index (χ4v) is 0.636. The molecule has 42 valence electrons. The summed E-state index contributed by atoms with van der Waals surface area (Å²) in [6, 6.07) is 0. The van der Waals surface area contributed by atoms with Gasteiger partial charge in [-0.05, 0) is 6.42 Å². The molecule has 0 aliphatic heterocycles. The molecule has 0 aliphatic carbocycles. The van der Waals surface area contributed by atoms with Crippen molar-refractivity contribution in [2.24, 2.45) is 4.58 Å². The second kappa shape index (κ2) is 3.92. The van der Waals surface area contributed by atoms with Crippen molar-refractivity contribution in [1.82, 2.24) is 0 Å². The van der Waals surface area contributed by atoms with Crippen LogP contribution in [-0.2, 0) is 11.0 Å². The fraction of sp³-hybridized carbons (Fsp3) is 1.00. The molecule has 0 spiro atoms. The van der Waals surface area contributed by atoms with Gasteiger partial charge in [-0.25, -0.2) is 4.21 Å². The molecule has 0 aliphatic rings. The van der Waals surface area contributed by atoms with Gasteiger partial charge in [0.1, 0.15) is 0 Å². The number of hydrogen-bond donors (Lipinski definition) is 0. The van der Waals surface area contributed by atoms with E-state index in [-0.39, 0.29) is 0 Å². The van der Waals surface area contributed by atoms with Crippen LogP contribution in [0.25, 0.3) is 0 Å². The SMILES string of the molecule is CCCS(=O)N=O. The van der Waals surface area contributed by atoms with Crippen molar-refractivity contribution in [1.29, 1.82) is 0 Å². The lowest BCUT2D eigenvalue weighted by atomic mass is 10.6. The Morgan fingerprint density at radius 1 is 1.71 bits per heavy atom. The zero-order valence-electron chi connectivity index (χ0n) is 4.09. The third-order valence-electron chi connectivity index (χ3n) is 0.462. The standard InChI is InChI=1S/C3H7NO2S/c1-2-3-7(6)4-5/h2-3H2,1H3. The summed E-state index contributed by atoms with van der Waals surface area (Å²) in [7, 11) is -1.46. The van der Waals surface area contributed by atoms with Crippen molar-refractivity contribution in [3.63, 3.8) is 0 Å². The van der Waals surface area contributed by atoms with Crippen LogP contribution < -0.4 is 0 Å². The van der Waals surface area contributed by atoms with Crippen LogP contribution in [0.4, 0.5) is 0 Å². The minimum Gasteiger partial charge on any atom is -0.232 e. The first kappa shape index (κ1) is 6.75. The molecule has 0 N–H and O–H groups in total. The van der Waals surface area contributed by atoms with Gasteiger partial charge >= 0.3 is 0 Å². The van der Waals surface area contributed by atoms with E-state index in [0.717, 1.165) is 6.42 Å². The molecule has 3 nitrogen and oxygen atoms in total. The Balaban J connectivity index is 3.17. The molecule has 0 saturated heterocycles. The average molecular weight is 121 g/mol. The van der Waals surface area contributed by atoms with Gasteiger partial charge in [0.15, 0.2) is 11.0 Å². The van der Waals surface area contributed by atoms with E-state index in [1.165, 1.54) is 0 Å². The first-order chi connectivity index (χ1) is 3.31. The highest BCUT2D eigenvalue weighted by molar-refractivity contribution is 7.83. The van der Waals surface area contributed by atoms with Crippen molar-refractivity contribution in [3.8, 4) is 0 Å². The summed E-state index contributed by atoms with van der Waals surface area (Å²) in [6.45, 7) is 1.85. The lowest BCUT2D eigenvalue weighted by Gasteiger charge is -1.80. The van der Waals surface area contributed by atoms with Crippen LogP contribution in [0.2, 0.25) is 0 Å². The van der Waals surface area contributed by atoms with Gasteiger partial charge in [-0.3, -0.25) is 0 Å². The molecule has 1 unspecified atom stereocenters. The average Bonchev–Trinajstić information content (AvgIpc) is 1.68. The Kier molecular flexibility index (Phi) is 3.78. The van der Waals surface area contributed by atoms with Crippen LogP contribution in [0, 0.1) is 4.91 Å². The topological polar surface area (TPSA) is 46.5 Å². The molecule has 0 fully saturated rings. The predicted octanol–water partition coefficient (Wildman–Crippen LogP) is 0.827. The van der Waals surface area contributed by atoms with Crippen LogP contribution in [0.5, 0.6) is 0 Å². The van der Waals surface area contributed by atoms with Crippen LogP contribution >= 0.6 is 0 Å². The van der Waals surface area contributed by atoms with E-state index in [2.05, 4.69) is 4.58 Å². The van der Waals surface area contributed by atoms with Gasteiger partial charge in [0.25, 0.3) is 0 Å². The Morgan fingerprint density at radius 2 is 2.29 bits per heavy atom. The summed E-state index contributed by atoms with van der Waals surface area (Å²) >= 11 is 0. The van der Waals surface area contributed by atoms with Crippen LogP contribution in [0.15, 0.2) is 4.58 Å². The summed E-state index contributed by atoms with van der Waals surface area (Å²) in [4.78, 5) is 9.34. The summed E-state index contributed by atoms with van der Waals surface area (Å²) in [5.41, 5.74) is 0. The van der Waals surface area contributed by atoms with Crippen LogP contribution in [0.1, 0.15) is 13.3 Å². The molecule has 1 atom stereocenters. The molecule has 0 aromatic carbocycles. The lowest BCUT2D eigenvalue weighted by molar-refractivity contribution is 0.683. The maximum absolute atomic E-state index is 10.0. The first-order valence-corrected chi connectivity index (χ1v) is 3.30. The van der Waals surface area contributed by atoms with Gasteiger partial charge < -0.3 is 0 Å². The molecular formula is C3H7NO2S. The maximum atomic E-state index is 10.0. The fourth-order valence-electron chi connectivity index (χ4n) is 0.212. The van der Waals surface area contributed by atoms with E-state index < -0.39 is 11.0 Å². The zero-order valence-corrected chi connectivity index (χ0v) is 4.90. The van der Waals surface area contributed by atoms with Crippen molar-refractivity contribution < 1.29 is 4.21 Å². The Labute approximate surface area is 44.7 Å². The van der Waals surface area contributed by atoms with Crippen LogP contribution in [0.3, 0.4) is 0 Å². The lowest BCUT2D eigenvalue weighted by Crippen LogP contribution is -1.87. The molecule has 7 heavy (non-hydrogen) atoms. The molecule has 0 radical (unpaired) electrons. The zero-order chi connectivity index (χ0) is 5.70. The quantitative estimate of drug-likeness (QED) is 0.519. The summed E-state index contributed by atoms with van der Waals surface area (Å²) in [5, 5.41) is 0. The van der Waals surface area contributed by atoms with E-state index in [1.54, 1.807) is 0 Å². The Bertz CT molecular complexity index is 83.0. The Hall–Kier alpha value is -0.250.